The Morgan fingerprint density at radius 2 is 1.89 bits per heavy atom. The fourth-order valence-corrected chi connectivity index (χ4v) is 2.80. The summed E-state index contributed by atoms with van der Waals surface area (Å²) >= 11 is 12.6. The van der Waals surface area contributed by atoms with Gasteiger partial charge in [-0.3, -0.25) is 4.79 Å². The molecule has 92 valence electrons. The maximum absolute atomic E-state index is 12.0. The lowest BCUT2D eigenvalue weighted by Crippen LogP contribution is -2.13. The van der Waals surface area contributed by atoms with E-state index in [1.165, 1.54) is 0 Å². The molecule has 1 heterocycles. The zero-order chi connectivity index (χ0) is 13.1. The third kappa shape index (κ3) is 3.31. The largest absolute Gasteiger partial charge is 0.305 e. The predicted octanol–water partition coefficient (Wildman–Crippen LogP) is 4.51. The van der Waals surface area contributed by atoms with E-state index in [4.69, 9.17) is 11.6 Å². The Balaban J connectivity index is 2.25. The van der Waals surface area contributed by atoms with Gasteiger partial charge in [0.25, 0.3) is 5.91 Å². The minimum atomic E-state index is -0.266. The smallest absolute Gasteiger partial charge is 0.256 e. The lowest BCUT2D eigenvalue weighted by Gasteiger charge is -2.06. The summed E-state index contributed by atoms with van der Waals surface area (Å²) in [7, 11) is 0. The SMILES string of the molecule is O=C(Nc1ncccc1Cl)c1cc(Br)cc(Br)c1. The first kappa shape index (κ1) is 13.5. The normalized spacial score (nSPS) is 10.2. The predicted molar refractivity (Wildman–Crippen MR) is 79.0 cm³/mol. The number of benzene rings is 1. The van der Waals surface area contributed by atoms with Crippen molar-refractivity contribution in [3.63, 3.8) is 0 Å². The fourth-order valence-electron chi connectivity index (χ4n) is 1.34. The number of hydrogen-bond donors (Lipinski definition) is 1. The second-order valence-electron chi connectivity index (χ2n) is 3.45. The van der Waals surface area contributed by atoms with E-state index in [0.29, 0.717) is 16.4 Å². The number of amides is 1. The highest BCUT2D eigenvalue weighted by Crippen LogP contribution is 2.22. The summed E-state index contributed by atoms with van der Waals surface area (Å²) in [6.07, 6.45) is 1.57. The van der Waals surface area contributed by atoms with Gasteiger partial charge in [0.1, 0.15) is 0 Å². The van der Waals surface area contributed by atoms with Crippen LogP contribution in [0.3, 0.4) is 0 Å². The lowest BCUT2D eigenvalue weighted by atomic mass is 10.2. The molecule has 0 unspecified atom stereocenters. The zero-order valence-corrected chi connectivity index (χ0v) is 12.9. The number of hydrogen-bond acceptors (Lipinski definition) is 2. The lowest BCUT2D eigenvalue weighted by molar-refractivity contribution is 0.102. The molecule has 0 aliphatic heterocycles. The number of carbonyl (C=O) groups is 1. The molecule has 1 aromatic heterocycles. The third-order valence-electron chi connectivity index (χ3n) is 2.12. The zero-order valence-electron chi connectivity index (χ0n) is 8.95. The average Bonchev–Trinajstić information content (AvgIpc) is 2.31. The first-order valence-electron chi connectivity index (χ1n) is 4.94. The van der Waals surface area contributed by atoms with Crippen molar-refractivity contribution in [3.05, 3.63) is 56.1 Å². The van der Waals surface area contributed by atoms with Crippen LogP contribution >= 0.6 is 43.5 Å². The third-order valence-corrected chi connectivity index (χ3v) is 3.34. The van der Waals surface area contributed by atoms with Gasteiger partial charge < -0.3 is 5.32 Å². The van der Waals surface area contributed by atoms with Crippen LogP contribution in [-0.2, 0) is 0 Å². The fraction of sp³-hybridized carbons (Fsp3) is 0. The highest BCUT2D eigenvalue weighted by Gasteiger charge is 2.10. The van der Waals surface area contributed by atoms with Gasteiger partial charge >= 0.3 is 0 Å². The Bertz CT molecular complexity index is 584. The number of anilines is 1. The van der Waals surface area contributed by atoms with Crippen molar-refractivity contribution in [3.8, 4) is 0 Å². The van der Waals surface area contributed by atoms with E-state index in [2.05, 4.69) is 42.2 Å². The van der Waals surface area contributed by atoms with Crippen molar-refractivity contribution in [2.45, 2.75) is 0 Å². The van der Waals surface area contributed by atoms with Gasteiger partial charge in [-0.2, -0.15) is 0 Å². The topological polar surface area (TPSA) is 42.0 Å². The highest BCUT2D eigenvalue weighted by atomic mass is 79.9. The maximum Gasteiger partial charge on any atom is 0.256 e. The van der Waals surface area contributed by atoms with E-state index in [-0.39, 0.29) is 5.91 Å². The molecule has 0 radical (unpaired) electrons. The summed E-state index contributed by atoms with van der Waals surface area (Å²) in [5.74, 6) is 0.0814. The van der Waals surface area contributed by atoms with E-state index in [1.54, 1.807) is 30.5 Å². The standard InChI is InChI=1S/C12H7Br2ClN2O/c13-8-4-7(5-9(14)6-8)12(18)17-11-10(15)2-1-3-16-11/h1-6H,(H,16,17,18). The molecule has 1 N–H and O–H groups in total. The molecule has 0 bridgehead atoms. The number of aromatic nitrogens is 1. The summed E-state index contributed by atoms with van der Waals surface area (Å²) in [6.45, 7) is 0. The molecule has 1 aromatic carbocycles. The summed E-state index contributed by atoms with van der Waals surface area (Å²) in [6, 6.07) is 8.66. The van der Waals surface area contributed by atoms with Crippen molar-refractivity contribution in [1.82, 2.24) is 4.98 Å². The van der Waals surface area contributed by atoms with Gasteiger partial charge in [0.05, 0.1) is 5.02 Å². The molecule has 0 aliphatic carbocycles. The molecule has 0 saturated heterocycles. The number of nitrogens with one attached hydrogen (secondary N) is 1. The van der Waals surface area contributed by atoms with E-state index in [1.807, 2.05) is 6.07 Å². The summed E-state index contributed by atoms with van der Waals surface area (Å²) < 4.78 is 1.63. The molecule has 18 heavy (non-hydrogen) atoms. The quantitative estimate of drug-likeness (QED) is 0.820. The maximum atomic E-state index is 12.0. The van der Waals surface area contributed by atoms with Crippen LogP contribution in [0.25, 0.3) is 0 Å². The van der Waals surface area contributed by atoms with Crippen LogP contribution in [0.4, 0.5) is 5.82 Å². The Morgan fingerprint density at radius 3 is 2.50 bits per heavy atom. The summed E-state index contributed by atoms with van der Waals surface area (Å²) in [5.41, 5.74) is 0.512. The Morgan fingerprint density at radius 1 is 1.22 bits per heavy atom. The van der Waals surface area contributed by atoms with Crippen LogP contribution in [0.1, 0.15) is 10.4 Å². The minimum Gasteiger partial charge on any atom is -0.305 e. The molecule has 2 rings (SSSR count). The van der Waals surface area contributed by atoms with Crippen LogP contribution in [0.2, 0.25) is 5.02 Å². The first-order valence-corrected chi connectivity index (χ1v) is 6.90. The van der Waals surface area contributed by atoms with E-state index < -0.39 is 0 Å². The van der Waals surface area contributed by atoms with E-state index in [0.717, 1.165) is 8.95 Å². The molecule has 0 aliphatic rings. The van der Waals surface area contributed by atoms with Crippen LogP contribution < -0.4 is 5.32 Å². The van der Waals surface area contributed by atoms with Crippen LogP contribution in [0.5, 0.6) is 0 Å². The number of nitrogens with zero attached hydrogens (tertiary/aromatic N) is 1. The van der Waals surface area contributed by atoms with Crippen molar-refractivity contribution >= 4 is 55.2 Å². The van der Waals surface area contributed by atoms with E-state index in [9.17, 15) is 4.79 Å². The van der Waals surface area contributed by atoms with E-state index >= 15 is 0 Å². The number of rotatable bonds is 2. The molecule has 6 heteroatoms. The van der Waals surface area contributed by atoms with Gasteiger partial charge in [-0.25, -0.2) is 4.98 Å². The van der Waals surface area contributed by atoms with Crippen LogP contribution in [-0.4, -0.2) is 10.9 Å². The Kier molecular flexibility index (Phi) is 4.37. The minimum absolute atomic E-state index is 0.266. The molecule has 2 aromatic rings. The highest BCUT2D eigenvalue weighted by molar-refractivity contribution is 9.11. The van der Waals surface area contributed by atoms with Crippen molar-refractivity contribution < 1.29 is 4.79 Å². The van der Waals surface area contributed by atoms with Crippen molar-refractivity contribution in [2.24, 2.45) is 0 Å². The molecule has 0 spiro atoms. The molecule has 0 fully saturated rings. The van der Waals surface area contributed by atoms with Crippen LogP contribution in [0, 0.1) is 0 Å². The van der Waals surface area contributed by atoms with Gasteiger partial charge in [0.2, 0.25) is 0 Å². The number of halogens is 3. The second kappa shape index (κ2) is 5.82. The first-order chi connectivity index (χ1) is 8.56. The van der Waals surface area contributed by atoms with Crippen LogP contribution in [0.15, 0.2) is 45.5 Å². The van der Waals surface area contributed by atoms with Gasteiger partial charge in [-0.05, 0) is 30.3 Å². The van der Waals surface area contributed by atoms with Crippen molar-refractivity contribution in [1.29, 1.82) is 0 Å². The second-order valence-corrected chi connectivity index (χ2v) is 5.68. The molecule has 3 nitrogen and oxygen atoms in total. The molecular weight excluding hydrogens is 383 g/mol. The molecule has 0 atom stereocenters. The molecular formula is C12H7Br2ClN2O. The van der Waals surface area contributed by atoms with Gasteiger partial charge in [0.15, 0.2) is 5.82 Å². The van der Waals surface area contributed by atoms with Gasteiger partial charge in [-0.1, -0.05) is 43.5 Å². The Labute approximate surface area is 126 Å². The van der Waals surface area contributed by atoms with Crippen molar-refractivity contribution in [2.75, 3.05) is 5.32 Å². The molecule has 0 saturated carbocycles. The summed E-state index contributed by atoms with van der Waals surface area (Å²) in [4.78, 5) is 16.0. The average molecular weight is 390 g/mol. The van der Waals surface area contributed by atoms with Gasteiger partial charge in [0, 0.05) is 20.7 Å². The number of carbonyl (C=O) groups excluding carboxylic acids is 1. The Hall–Kier alpha value is -0.910. The van der Waals surface area contributed by atoms with Gasteiger partial charge in [-0.15, -0.1) is 0 Å². The summed E-state index contributed by atoms with van der Waals surface area (Å²) in [5, 5.41) is 3.06. The monoisotopic (exact) mass is 388 g/mol. The number of pyridine rings is 1. The molecule has 1 amide bonds.